The van der Waals surface area contributed by atoms with Crippen molar-refractivity contribution in [2.45, 2.75) is 33.3 Å². The Morgan fingerprint density at radius 1 is 0.967 bits per heavy atom. The number of methoxy groups -OCH3 is 1. The number of pyridine rings is 2. The van der Waals surface area contributed by atoms with Gasteiger partial charge in [0.1, 0.15) is 12.4 Å². The number of aryl methyl sites for hydroxylation is 1. The molecule has 0 saturated carbocycles. The minimum absolute atomic E-state index is 0.311. The maximum atomic E-state index is 5.27. The quantitative estimate of drug-likeness (QED) is 0.467. The lowest BCUT2D eigenvalue weighted by atomic mass is 10.0. The summed E-state index contributed by atoms with van der Waals surface area (Å²) in [6.07, 6.45) is 1.78. The molecule has 0 spiro atoms. The largest absolute Gasteiger partial charge is 0.377 e. The van der Waals surface area contributed by atoms with E-state index in [0.29, 0.717) is 29.8 Å². The predicted octanol–water partition coefficient (Wildman–Crippen LogP) is 5.41. The Labute approximate surface area is 176 Å². The van der Waals surface area contributed by atoms with E-state index in [4.69, 9.17) is 9.72 Å². The Balaban J connectivity index is 1.77. The van der Waals surface area contributed by atoms with E-state index in [0.717, 1.165) is 28.0 Å². The highest BCUT2D eigenvalue weighted by molar-refractivity contribution is 5.90. The van der Waals surface area contributed by atoms with Crippen LogP contribution in [0.3, 0.4) is 0 Å². The zero-order chi connectivity index (χ0) is 21.1. The molecule has 3 aromatic heterocycles. The van der Waals surface area contributed by atoms with Crippen LogP contribution in [0.4, 0.5) is 11.5 Å². The maximum absolute atomic E-state index is 5.27. The molecule has 0 radical (unpaired) electrons. The van der Waals surface area contributed by atoms with Crippen LogP contribution in [0.15, 0.2) is 54.7 Å². The second-order valence-corrected chi connectivity index (χ2v) is 7.56. The van der Waals surface area contributed by atoms with Gasteiger partial charge in [0.2, 0.25) is 0 Å². The Bertz CT molecular complexity index is 1170. The topological polar surface area (TPSA) is 72.8 Å². The fourth-order valence-electron chi connectivity index (χ4n) is 3.32. The molecule has 4 aromatic rings. The average Bonchev–Trinajstić information content (AvgIpc) is 2.74. The van der Waals surface area contributed by atoms with Crippen molar-refractivity contribution in [3.05, 3.63) is 71.7 Å². The lowest BCUT2D eigenvalue weighted by Gasteiger charge is -2.12. The lowest BCUT2D eigenvalue weighted by Crippen LogP contribution is -2.04. The first kappa shape index (κ1) is 19.9. The summed E-state index contributed by atoms with van der Waals surface area (Å²) < 4.78 is 5.27. The monoisotopic (exact) mass is 399 g/mol. The Morgan fingerprint density at radius 2 is 1.77 bits per heavy atom. The number of nitrogens with zero attached hydrogens (tertiary/aromatic N) is 4. The van der Waals surface area contributed by atoms with Gasteiger partial charge in [-0.3, -0.25) is 4.98 Å². The molecule has 0 unspecified atom stereocenters. The molecule has 30 heavy (non-hydrogen) atoms. The standard InChI is InChI=1S/C24H25N5O/c1-15(2)17-7-9-18(10-8-17)26-23-19-11-12-20(22-16(3)6-5-13-25-22)27-24(19)29-21(28-23)14-30-4/h5-13,15H,14H2,1-4H3,(H,26,27,28,29). The molecule has 0 aliphatic heterocycles. The molecule has 3 heterocycles. The van der Waals surface area contributed by atoms with Gasteiger partial charge in [0.15, 0.2) is 11.5 Å². The molecule has 0 aliphatic carbocycles. The molecule has 6 heteroatoms. The first-order chi connectivity index (χ1) is 14.5. The van der Waals surface area contributed by atoms with Crippen molar-refractivity contribution in [3.63, 3.8) is 0 Å². The number of fused-ring (bicyclic) bond motifs is 1. The van der Waals surface area contributed by atoms with Crippen LogP contribution < -0.4 is 5.32 Å². The smallest absolute Gasteiger partial charge is 0.165 e. The Morgan fingerprint density at radius 3 is 2.47 bits per heavy atom. The van der Waals surface area contributed by atoms with Gasteiger partial charge in [0.25, 0.3) is 0 Å². The average molecular weight is 399 g/mol. The number of rotatable bonds is 6. The van der Waals surface area contributed by atoms with Gasteiger partial charge in [0.05, 0.1) is 16.8 Å². The molecule has 0 aliphatic rings. The van der Waals surface area contributed by atoms with Crippen molar-refractivity contribution >= 4 is 22.5 Å². The molecular formula is C24H25N5O. The number of nitrogens with one attached hydrogen (secondary N) is 1. The van der Waals surface area contributed by atoms with Gasteiger partial charge in [-0.15, -0.1) is 0 Å². The van der Waals surface area contributed by atoms with E-state index in [-0.39, 0.29) is 0 Å². The number of aromatic nitrogens is 4. The molecular weight excluding hydrogens is 374 g/mol. The first-order valence-electron chi connectivity index (χ1n) is 10.0. The van der Waals surface area contributed by atoms with Crippen LogP contribution in [0.1, 0.15) is 36.7 Å². The summed E-state index contributed by atoms with van der Waals surface area (Å²) in [4.78, 5) is 18.5. The summed E-state index contributed by atoms with van der Waals surface area (Å²) in [6, 6.07) is 16.3. The molecule has 6 nitrogen and oxygen atoms in total. The van der Waals surface area contributed by atoms with E-state index >= 15 is 0 Å². The van der Waals surface area contributed by atoms with E-state index in [1.807, 2.05) is 31.2 Å². The predicted molar refractivity (Wildman–Crippen MR) is 120 cm³/mol. The van der Waals surface area contributed by atoms with Gasteiger partial charge >= 0.3 is 0 Å². The lowest BCUT2D eigenvalue weighted by molar-refractivity contribution is 0.178. The van der Waals surface area contributed by atoms with Crippen LogP contribution in [0.5, 0.6) is 0 Å². The molecule has 0 fully saturated rings. The maximum Gasteiger partial charge on any atom is 0.165 e. The van der Waals surface area contributed by atoms with E-state index < -0.39 is 0 Å². The minimum Gasteiger partial charge on any atom is -0.377 e. The van der Waals surface area contributed by atoms with Gasteiger partial charge in [-0.2, -0.15) is 0 Å². The molecule has 0 amide bonds. The number of hydrogen-bond acceptors (Lipinski definition) is 6. The van der Waals surface area contributed by atoms with Crippen molar-refractivity contribution < 1.29 is 4.74 Å². The molecule has 0 saturated heterocycles. The van der Waals surface area contributed by atoms with E-state index in [1.165, 1.54) is 5.56 Å². The van der Waals surface area contributed by atoms with Crippen LogP contribution in [-0.2, 0) is 11.3 Å². The molecule has 152 valence electrons. The number of benzene rings is 1. The Hall–Kier alpha value is -3.38. The summed E-state index contributed by atoms with van der Waals surface area (Å²) in [5.74, 6) is 1.78. The third-order valence-corrected chi connectivity index (χ3v) is 4.97. The highest BCUT2D eigenvalue weighted by Crippen LogP contribution is 2.27. The zero-order valence-electron chi connectivity index (χ0n) is 17.7. The molecule has 1 aromatic carbocycles. The minimum atomic E-state index is 0.311. The number of ether oxygens (including phenoxy) is 1. The number of hydrogen-bond donors (Lipinski definition) is 1. The Kier molecular flexibility index (Phi) is 5.68. The normalized spacial score (nSPS) is 11.2. The van der Waals surface area contributed by atoms with Gasteiger partial charge < -0.3 is 10.1 Å². The summed E-state index contributed by atoms with van der Waals surface area (Å²) in [6.45, 7) is 6.71. The van der Waals surface area contributed by atoms with Crippen molar-refractivity contribution in [3.8, 4) is 11.4 Å². The van der Waals surface area contributed by atoms with Crippen LogP contribution in [0, 0.1) is 6.92 Å². The highest BCUT2D eigenvalue weighted by atomic mass is 16.5. The number of anilines is 2. The molecule has 0 atom stereocenters. The van der Waals surface area contributed by atoms with Gasteiger partial charge in [-0.25, -0.2) is 15.0 Å². The summed E-state index contributed by atoms with van der Waals surface area (Å²) in [5, 5.41) is 4.27. The highest BCUT2D eigenvalue weighted by Gasteiger charge is 2.13. The van der Waals surface area contributed by atoms with E-state index in [9.17, 15) is 0 Å². The fraction of sp³-hybridized carbons (Fsp3) is 0.250. The van der Waals surface area contributed by atoms with E-state index in [2.05, 4.69) is 58.4 Å². The summed E-state index contributed by atoms with van der Waals surface area (Å²) in [5.41, 5.74) is 5.58. The molecule has 0 bridgehead atoms. The first-order valence-corrected chi connectivity index (χ1v) is 10.0. The van der Waals surface area contributed by atoms with Crippen LogP contribution in [0.25, 0.3) is 22.4 Å². The van der Waals surface area contributed by atoms with Crippen LogP contribution >= 0.6 is 0 Å². The second kappa shape index (κ2) is 8.55. The van der Waals surface area contributed by atoms with Crippen LogP contribution in [-0.4, -0.2) is 27.0 Å². The molecule has 4 rings (SSSR count). The van der Waals surface area contributed by atoms with Gasteiger partial charge in [-0.1, -0.05) is 32.0 Å². The van der Waals surface area contributed by atoms with Crippen molar-refractivity contribution in [1.29, 1.82) is 0 Å². The molecule has 1 N–H and O–H groups in total. The van der Waals surface area contributed by atoms with Crippen LogP contribution in [0.2, 0.25) is 0 Å². The SMILES string of the molecule is COCc1nc(Nc2ccc(C(C)C)cc2)c2ccc(-c3ncccc3C)nc2n1. The summed E-state index contributed by atoms with van der Waals surface area (Å²) in [7, 11) is 1.63. The van der Waals surface area contributed by atoms with Crippen molar-refractivity contribution in [1.82, 2.24) is 19.9 Å². The van der Waals surface area contributed by atoms with Gasteiger partial charge in [0, 0.05) is 19.0 Å². The van der Waals surface area contributed by atoms with Gasteiger partial charge in [-0.05, 0) is 54.3 Å². The second-order valence-electron chi connectivity index (χ2n) is 7.56. The van der Waals surface area contributed by atoms with E-state index in [1.54, 1.807) is 13.3 Å². The zero-order valence-corrected chi connectivity index (χ0v) is 17.7. The van der Waals surface area contributed by atoms with Crippen molar-refractivity contribution in [2.75, 3.05) is 12.4 Å². The summed E-state index contributed by atoms with van der Waals surface area (Å²) >= 11 is 0. The third-order valence-electron chi connectivity index (χ3n) is 4.97. The van der Waals surface area contributed by atoms with Crippen molar-refractivity contribution in [2.24, 2.45) is 0 Å². The fourth-order valence-corrected chi connectivity index (χ4v) is 3.32. The third kappa shape index (κ3) is 4.14.